The first kappa shape index (κ1) is 23.6. The standard InChI is InChI=1S/C28H26ClFN2.BrH/c1-2-3-17-32-26-11-7-5-8-22(26)23-16-18-31(19-20-12-14-21(30)15-13-20)27(28(23)32)24-9-4-6-10-25(24)29;/h4-16,18,27H,2-3,17,19H2,1H3;1H. The van der Waals surface area contributed by atoms with E-state index in [0.717, 1.165) is 35.5 Å². The monoisotopic (exact) mass is 524 g/mol. The Labute approximate surface area is 210 Å². The van der Waals surface area contributed by atoms with Gasteiger partial charge in [0.2, 0.25) is 0 Å². The topological polar surface area (TPSA) is 8.17 Å². The molecule has 1 atom stereocenters. The summed E-state index contributed by atoms with van der Waals surface area (Å²) in [6, 6.07) is 23.5. The van der Waals surface area contributed by atoms with Gasteiger partial charge in [0.05, 0.1) is 11.7 Å². The maximum Gasteiger partial charge on any atom is 0.123 e. The van der Waals surface area contributed by atoms with Crippen LogP contribution in [0.3, 0.4) is 0 Å². The largest absolute Gasteiger partial charge is 0.361 e. The lowest BCUT2D eigenvalue weighted by atomic mass is 9.94. The second kappa shape index (κ2) is 10.1. The van der Waals surface area contributed by atoms with Gasteiger partial charge in [0, 0.05) is 40.8 Å². The van der Waals surface area contributed by atoms with Crippen LogP contribution in [0.5, 0.6) is 0 Å². The smallest absolute Gasteiger partial charge is 0.123 e. The first-order chi connectivity index (χ1) is 15.7. The van der Waals surface area contributed by atoms with E-state index < -0.39 is 0 Å². The van der Waals surface area contributed by atoms with Crippen molar-refractivity contribution >= 4 is 45.6 Å². The Morgan fingerprint density at radius 3 is 2.42 bits per heavy atom. The van der Waals surface area contributed by atoms with E-state index in [1.54, 1.807) is 0 Å². The molecule has 1 unspecified atom stereocenters. The summed E-state index contributed by atoms with van der Waals surface area (Å²) in [5, 5.41) is 2.03. The van der Waals surface area contributed by atoms with Gasteiger partial charge in [-0.1, -0.05) is 73.5 Å². The van der Waals surface area contributed by atoms with Gasteiger partial charge in [-0.05, 0) is 47.9 Å². The molecule has 3 aromatic carbocycles. The summed E-state index contributed by atoms with van der Waals surface area (Å²) >= 11 is 6.76. The van der Waals surface area contributed by atoms with E-state index in [9.17, 15) is 4.39 Å². The van der Waals surface area contributed by atoms with E-state index in [0.29, 0.717) is 6.54 Å². The number of nitrogens with zero attached hydrogens (tertiary/aromatic N) is 2. The number of halogens is 3. The molecule has 5 rings (SSSR count). The third kappa shape index (κ3) is 4.47. The van der Waals surface area contributed by atoms with Crippen LogP contribution in [0.1, 0.15) is 48.2 Å². The highest BCUT2D eigenvalue weighted by atomic mass is 79.9. The average Bonchev–Trinajstić information content (AvgIpc) is 3.13. The summed E-state index contributed by atoms with van der Waals surface area (Å²) in [5.74, 6) is -0.215. The summed E-state index contributed by atoms with van der Waals surface area (Å²) in [7, 11) is 0. The van der Waals surface area contributed by atoms with Gasteiger partial charge in [-0.15, -0.1) is 17.0 Å². The molecule has 0 aliphatic carbocycles. The first-order valence-corrected chi connectivity index (χ1v) is 11.6. The van der Waals surface area contributed by atoms with Crippen LogP contribution in [-0.2, 0) is 13.1 Å². The van der Waals surface area contributed by atoms with E-state index in [-0.39, 0.29) is 28.8 Å². The molecule has 33 heavy (non-hydrogen) atoms. The van der Waals surface area contributed by atoms with Crippen molar-refractivity contribution in [3.8, 4) is 0 Å². The van der Waals surface area contributed by atoms with Crippen molar-refractivity contribution in [1.29, 1.82) is 0 Å². The van der Waals surface area contributed by atoms with Crippen molar-refractivity contribution in [1.82, 2.24) is 9.47 Å². The summed E-state index contributed by atoms with van der Waals surface area (Å²) < 4.78 is 16.0. The molecule has 0 amide bonds. The highest BCUT2D eigenvalue weighted by Crippen LogP contribution is 2.43. The van der Waals surface area contributed by atoms with Crippen LogP contribution < -0.4 is 0 Å². The molecular weight excluding hydrogens is 499 g/mol. The van der Waals surface area contributed by atoms with Crippen molar-refractivity contribution in [2.24, 2.45) is 0 Å². The molecule has 1 aliphatic rings. The van der Waals surface area contributed by atoms with Gasteiger partial charge in [0.1, 0.15) is 5.82 Å². The molecule has 0 fully saturated rings. The van der Waals surface area contributed by atoms with Crippen molar-refractivity contribution in [2.75, 3.05) is 0 Å². The summed E-state index contributed by atoms with van der Waals surface area (Å²) in [6.45, 7) is 3.86. The Bertz CT molecular complexity index is 1280. The SMILES string of the molecule is Br.CCCCn1c2c(c3ccccc31)C=CN(Cc1ccc(F)cc1)C2c1ccccc1Cl. The first-order valence-electron chi connectivity index (χ1n) is 11.2. The molecule has 1 aromatic heterocycles. The van der Waals surface area contributed by atoms with Gasteiger partial charge in [-0.3, -0.25) is 0 Å². The lowest BCUT2D eigenvalue weighted by Gasteiger charge is -2.36. The van der Waals surface area contributed by atoms with E-state index in [4.69, 9.17) is 11.6 Å². The highest BCUT2D eigenvalue weighted by Gasteiger charge is 2.32. The second-order valence-corrected chi connectivity index (χ2v) is 8.77. The maximum absolute atomic E-state index is 13.5. The minimum atomic E-state index is -0.215. The van der Waals surface area contributed by atoms with Crippen LogP contribution in [0, 0.1) is 5.82 Å². The van der Waals surface area contributed by atoms with Gasteiger partial charge in [0.15, 0.2) is 0 Å². The minimum Gasteiger partial charge on any atom is -0.361 e. The number of aromatic nitrogens is 1. The molecule has 2 nitrogen and oxygen atoms in total. The number of hydrogen-bond acceptors (Lipinski definition) is 1. The lowest BCUT2D eigenvalue weighted by molar-refractivity contribution is 0.295. The summed E-state index contributed by atoms with van der Waals surface area (Å²) in [4.78, 5) is 2.32. The summed E-state index contributed by atoms with van der Waals surface area (Å²) in [6.07, 6.45) is 6.63. The average molecular weight is 526 g/mol. The Balaban J connectivity index is 0.00000259. The molecule has 4 aromatic rings. The molecule has 0 N–H and O–H groups in total. The molecule has 0 radical (unpaired) electrons. The van der Waals surface area contributed by atoms with E-state index in [1.807, 2.05) is 30.3 Å². The quantitative estimate of drug-likeness (QED) is 0.245. The normalized spacial score (nSPS) is 14.9. The molecule has 1 aliphatic heterocycles. The number of benzene rings is 3. The van der Waals surface area contributed by atoms with Crippen LogP contribution in [0.25, 0.3) is 17.0 Å². The Morgan fingerprint density at radius 2 is 1.67 bits per heavy atom. The molecule has 2 heterocycles. The fourth-order valence-corrected chi connectivity index (χ4v) is 5.00. The molecule has 0 saturated carbocycles. The van der Waals surface area contributed by atoms with Crippen LogP contribution in [0.15, 0.2) is 79.0 Å². The Hall–Kier alpha value is -2.56. The van der Waals surface area contributed by atoms with Gasteiger partial charge in [0.25, 0.3) is 0 Å². The van der Waals surface area contributed by atoms with Crippen LogP contribution in [0.4, 0.5) is 4.39 Å². The van der Waals surface area contributed by atoms with E-state index >= 15 is 0 Å². The molecule has 170 valence electrons. The summed E-state index contributed by atoms with van der Waals surface area (Å²) in [5.41, 5.74) is 5.95. The van der Waals surface area contributed by atoms with E-state index in [1.165, 1.54) is 34.3 Å². The predicted molar refractivity (Wildman–Crippen MR) is 141 cm³/mol. The zero-order chi connectivity index (χ0) is 22.1. The van der Waals surface area contributed by atoms with Crippen molar-refractivity contribution in [3.63, 3.8) is 0 Å². The van der Waals surface area contributed by atoms with Gasteiger partial charge < -0.3 is 9.47 Å². The van der Waals surface area contributed by atoms with Gasteiger partial charge in [-0.25, -0.2) is 4.39 Å². The van der Waals surface area contributed by atoms with Gasteiger partial charge in [-0.2, -0.15) is 0 Å². The third-order valence-electron chi connectivity index (χ3n) is 6.29. The number of unbranched alkanes of at least 4 members (excludes halogenated alkanes) is 1. The number of para-hydroxylation sites is 1. The van der Waals surface area contributed by atoms with Crippen LogP contribution in [0.2, 0.25) is 5.02 Å². The lowest BCUT2D eigenvalue weighted by Crippen LogP contribution is -2.29. The molecule has 0 bridgehead atoms. The van der Waals surface area contributed by atoms with Crippen LogP contribution in [-0.4, -0.2) is 9.47 Å². The van der Waals surface area contributed by atoms with Crippen molar-refractivity contribution in [3.05, 3.63) is 112 Å². The third-order valence-corrected chi connectivity index (χ3v) is 6.63. The van der Waals surface area contributed by atoms with Crippen molar-refractivity contribution in [2.45, 2.75) is 38.9 Å². The molecule has 0 saturated heterocycles. The number of aryl methyl sites for hydroxylation is 1. The Kier molecular flexibility index (Phi) is 7.26. The zero-order valence-electron chi connectivity index (χ0n) is 18.5. The number of rotatable bonds is 6. The van der Waals surface area contributed by atoms with Crippen molar-refractivity contribution < 1.29 is 4.39 Å². The minimum absolute atomic E-state index is 0. The number of hydrogen-bond donors (Lipinski definition) is 0. The maximum atomic E-state index is 13.5. The zero-order valence-corrected chi connectivity index (χ0v) is 21.0. The fourth-order valence-electron chi connectivity index (χ4n) is 4.76. The second-order valence-electron chi connectivity index (χ2n) is 8.36. The predicted octanol–water partition coefficient (Wildman–Crippen LogP) is 8.39. The highest BCUT2D eigenvalue weighted by molar-refractivity contribution is 8.93. The molecule has 0 spiro atoms. The fraction of sp³-hybridized carbons (Fsp3) is 0.214. The Morgan fingerprint density at radius 1 is 0.939 bits per heavy atom. The van der Waals surface area contributed by atoms with Gasteiger partial charge >= 0.3 is 0 Å². The molecule has 5 heteroatoms. The molecular formula is C28H27BrClFN2. The van der Waals surface area contributed by atoms with E-state index in [2.05, 4.69) is 59.0 Å². The number of fused-ring (bicyclic) bond motifs is 3. The van der Waals surface area contributed by atoms with Crippen LogP contribution >= 0.6 is 28.6 Å².